The molecule has 2 N–H and O–H groups in total. The molecular formula is C13H20N4O. The molecule has 0 unspecified atom stereocenters. The zero-order valence-electron chi connectivity index (χ0n) is 10.8. The van der Waals surface area contributed by atoms with Gasteiger partial charge in [-0.3, -0.25) is 9.48 Å². The van der Waals surface area contributed by atoms with Crippen molar-refractivity contribution in [2.75, 3.05) is 18.4 Å². The van der Waals surface area contributed by atoms with E-state index in [-0.39, 0.29) is 11.8 Å². The number of amides is 1. The molecule has 1 amide bonds. The van der Waals surface area contributed by atoms with Gasteiger partial charge in [0.2, 0.25) is 5.91 Å². The van der Waals surface area contributed by atoms with Crippen molar-refractivity contribution < 1.29 is 4.79 Å². The molecule has 5 heteroatoms. The fourth-order valence-electron chi connectivity index (χ4n) is 2.29. The Hall–Kier alpha value is -1.36. The van der Waals surface area contributed by atoms with E-state index in [1.165, 1.54) is 18.5 Å². The van der Waals surface area contributed by atoms with E-state index in [4.69, 9.17) is 0 Å². The first-order valence-electron chi connectivity index (χ1n) is 6.87. The van der Waals surface area contributed by atoms with Gasteiger partial charge in [0.05, 0.1) is 5.92 Å². The predicted octanol–water partition coefficient (Wildman–Crippen LogP) is 1.33. The highest BCUT2D eigenvalue weighted by Crippen LogP contribution is 2.40. The van der Waals surface area contributed by atoms with E-state index in [1.54, 1.807) is 0 Å². The summed E-state index contributed by atoms with van der Waals surface area (Å²) >= 11 is 0. The maximum atomic E-state index is 11.9. The van der Waals surface area contributed by atoms with Gasteiger partial charge in [0.25, 0.3) is 0 Å². The van der Waals surface area contributed by atoms with Crippen LogP contribution in [0.25, 0.3) is 0 Å². The number of anilines is 1. The van der Waals surface area contributed by atoms with E-state index < -0.39 is 0 Å². The molecule has 0 atom stereocenters. The third kappa shape index (κ3) is 2.27. The van der Waals surface area contributed by atoms with Gasteiger partial charge in [-0.2, -0.15) is 5.10 Å². The number of carbonyl (C=O) groups is 1. The van der Waals surface area contributed by atoms with Crippen LogP contribution in [-0.2, 0) is 11.3 Å². The van der Waals surface area contributed by atoms with Crippen LogP contribution in [0.3, 0.4) is 0 Å². The first-order valence-corrected chi connectivity index (χ1v) is 6.87. The Labute approximate surface area is 107 Å². The molecule has 1 saturated heterocycles. The van der Waals surface area contributed by atoms with Gasteiger partial charge in [-0.25, -0.2) is 0 Å². The lowest BCUT2D eigenvalue weighted by atomic mass is 10.0. The molecule has 1 saturated carbocycles. The Morgan fingerprint density at radius 3 is 2.89 bits per heavy atom. The Balaban J connectivity index is 1.71. The maximum Gasteiger partial charge on any atom is 0.231 e. The van der Waals surface area contributed by atoms with Crippen molar-refractivity contribution in [2.24, 2.45) is 5.92 Å². The number of nitrogens with zero attached hydrogens (tertiary/aromatic N) is 2. The molecule has 2 aliphatic rings. The topological polar surface area (TPSA) is 59.0 Å². The summed E-state index contributed by atoms with van der Waals surface area (Å²) in [5.74, 6) is 1.60. The zero-order chi connectivity index (χ0) is 12.5. The molecule has 1 aromatic heterocycles. The second-order valence-corrected chi connectivity index (χ2v) is 5.30. The molecule has 1 aliphatic heterocycles. The van der Waals surface area contributed by atoms with E-state index in [0.717, 1.165) is 31.9 Å². The van der Waals surface area contributed by atoms with Crippen LogP contribution in [0.5, 0.6) is 0 Å². The van der Waals surface area contributed by atoms with Crippen LogP contribution >= 0.6 is 0 Å². The Morgan fingerprint density at radius 1 is 1.56 bits per heavy atom. The fourth-order valence-corrected chi connectivity index (χ4v) is 2.29. The van der Waals surface area contributed by atoms with Crippen LogP contribution in [0.2, 0.25) is 0 Å². The normalized spacial score (nSPS) is 19.6. The number of nitrogens with one attached hydrogen (secondary N) is 2. The van der Waals surface area contributed by atoms with Crippen molar-refractivity contribution in [2.45, 2.75) is 38.6 Å². The SMILES string of the molecule is CCCn1nc(NC(=O)C2CNC2)cc1C1CC1. The molecule has 2 fully saturated rings. The first kappa shape index (κ1) is 11.7. The van der Waals surface area contributed by atoms with Gasteiger partial charge in [0, 0.05) is 37.3 Å². The third-order valence-corrected chi connectivity index (χ3v) is 3.65. The van der Waals surface area contributed by atoms with E-state index in [1.807, 2.05) is 0 Å². The second kappa shape index (κ2) is 4.72. The van der Waals surface area contributed by atoms with E-state index >= 15 is 0 Å². The monoisotopic (exact) mass is 248 g/mol. The number of aromatic nitrogens is 2. The number of aryl methyl sites for hydroxylation is 1. The van der Waals surface area contributed by atoms with Gasteiger partial charge < -0.3 is 10.6 Å². The highest BCUT2D eigenvalue weighted by atomic mass is 16.2. The molecule has 0 radical (unpaired) electrons. The summed E-state index contributed by atoms with van der Waals surface area (Å²) in [7, 11) is 0. The van der Waals surface area contributed by atoms with Crippen LogP contribution in [0.4, 0.5) is 5.82 Å². The van der Waals surface area contributed by atoms with E-state index in [2.05, 4.69) is 33.4 Å². The molecule has 98 valence electrons. The Morgan fingerprint density at radius 2 is 2.33 bits per heavy atom. The summed E-state index contributed by atoms with van der Waals surface area (Å²) in [6.45, 7) is 4.66. The average molecular weight is 248 g/mol. The van der Waals surface area contributed by atoms with Crippen LogP contribution in [0.15, 0.2) is 6.07 Å². The molecule has 0 bridgehead atoms. The van der Waals surface area contributed by atoms with Crippen molar-refractivity contribution in [3.8, 4) is 0 Å². The lowest BCUT2D eigenvalue weighted by Gasteiger charge is -2.25. The quantitative estimate of drug-likeness (QED) is 0.826. The Kier molecular flexibility index (Phi) is 3.07. The molecule has 18 heavy (non-hydrogen) atoms. The van der Waals surface area contributed by atoms with E-state index in [0.29, 0.717) is 5.92 Å². The summed E-state index contributed by atoms with van der Waals surface area (Å²) < 4.78 is 2.06. The van der Waals surface area contributed by atoms with Crippen molar-refractivity contribution in [1.82, 2.24) is 15.1 Å². The molecule has 1 aliphatic carbocycles. The van der Waals surface area contributed by atoms with Crippen LogP contribution in [-0.4, -0.2) is 28.8 Å². The lowest BCUT2D eigenvalue weighted by Crippen LogP contribution is -2.48. The second-order valence-electron chi connectivity index (χ2n) is 5.30. The Bertz CT molecular complexity index is 446. The van der Waals surface area contributed by atoms with Crippen molar-refractivity contribution >= 4 is 11.7 Å². The molecular weight excluding hydrogens is 228 g/mol. The molecule has 3 rings (SSSR count). The van der Waals surface area contributed by atoms with Crippen LogP contribution in [0.1, 0.15) is 37.8 Å². The lowest BCUT2D eigenvalue weighted by molar-refractivity contribution is -0.121. The standard InChI is InChI=1S/C13H20N4O/c1-2-5-17-11(9-3-4-9)6-12(16-17)15-13(18)10-7-14-8-10/h6,9-10,14H,2-5,7-8H2,1H3,(H,15,16,18). The largest absolute Gasteiger partial charge is 0.315 e. The number of hydrogen-bond acceptors (Lipinski definition) is 3. The highest BCUT2D eigenvalue weighted by Gasteiger charge is 2.29. The summed E-state index contributed by atoms with van der Waals surface area (Å²) in [5, 5.41) is 10.5. The number of hydrogen-bond donors (Lipinski definition) is 2. The van der Waals surface area contributed by atoms with Gasteiger partial charge in [0.1, 0.15) is 0 Å². The highest BCUT2D eigenvalue weighted by molar-refractivity contribution is 5.92. The molecule has 5 nitrogen and oxygen atoms in total. The zero-order valence-corrected chi connectivity index (χ0v) is 10.8. The predicted molar refractivity (Wildman–Crippen MR) is 69.5 cm³/mol. The number of rotatable bonds is 5. The molecule has 0 aromatic carbocycles. The smallest absolute Gasteiger partial charge is 0.231 e. The van der Waals surface area contributed by atoms with Crippen LogP contribution in [0, 0.1) is 5.92 Å². The summed E-state index contributed by atoms with van der Waals surface area (Å²) in [6, 6.07) is 2.05. The van der Waals surface area contributed by atoms with Crippen molar-refractivity contribution in [1.29, 1.82) is 0 Å². The number of carbonyl (C=O) groups excluding carboxylic acids is 1. The van der Waals surface area contributed by atoms with Gasteiger partial charge in [-0.1, -0.05) is 6.92 Å². The van der Waals surface area contributed by atoms with Gasteiger partial charge in [0.15, 0.2) is 5.82 Å². The van der Waals surface area contributed by atoms with Crippen molar-refractivity contribution in [3.05, 3.63) is 11.8 Å². The van der Waals surface area contributed by atoms with Gasteiger partial charge in [-0.05, 0) is 19.3 Å². The minimum absolute atomic E-state index is 0.0947. The molecule has 1 aromatic rings. The third-order valence-electron chi connectivity index (χ3n) is 3.65. The first-order chi connectivity index (χ1) is 8.78. The van der Waals surface area contributed by atoms with E-state index in [9.17, 15) is 4.79 Å². The van der Waals surface area contributed by atoms with Crippen LogP contribution < -0.4 is 10.6 Å². The average Bonchev–Trinajstić information content (AvgIpc) is 3.01. The summed E-state index contributed by atoms with van der Waals surface area (Å²) in [5.41, 5.74) is 1.29. The molecule has 0 spiro atoms. The minimum Gasteiger partial charge on any atom is -0.315 e. The van der Waals surface area contributed by atoms with Gasteiger partial charge in [-0.15, -0.1) is 0 Å². The molecule has 2 heterocycles. The fraction of sp³-hybridized carbons (Fsp3) is 0.692. The summed E-state index contributed by atoms with van der Waals surface area (Å²) in [6.07, 6.45) is 3.59. The van der Waals surface area contributed by atoms with Crippen molar-refractivity contribution in [3.63, 3.8) is 0 Å². The maximum absolute atomic E-state index is 11.9. The minimum atomic E-state index is 0.0947. The summed E-state index contributed by atoms with van der Waals surface area (Å²) in [4.78, 5) is 11.9. The van der Waals surface area contributed by atoms with Gasteiger partial charge >= 0.3 is 0 Å².